The number of hydrogen-bond donors (Lipinski definition) is 0. The molecule has 0 amide bonds. The maximum atomic E-state index is 12.8. The molecule has 0 saturated heterocycles. The zero-order valence-electron chi connectivity index (χ0n) is 14.4. The highest BCUT2D eigenvalue weighted by Gasteiger charge is 2.50. The summed E-state index contributed by atoms with van der Waals surface area (Å²) in [4.78, 5) is 12.8. The highest BCUT2D eigenvalue weighted by atomic mass is 16.5. The van der Waals surface area contributed by atoms with Gasteiger partial charge in [0.15, 0.2) is 17.3 Å². The summed E-state index contributed by atoms with van der Waals surface area (Å²) < 4.78 is 17.1. The van der Waals surface area contributed by atoms with Crippen molar-refractivity contribution in [3.05, 3.63) is 47.2 Å². The number of hydrogen-bond acceptors (Lipinski definition) is 4. The third kappa shape index (κ3) is 1.95. The molecule has 4 nitrogen and oxygen atoms in total. The first-order chi connectivity index (χ1) is 11.6. The number of ether oxygens (including phenoxy) is 3. The Morgan fingerprint density at radius 1 is 1.04 bits per heavy atom. The van der Waals surface area contributed by atoms with Crippen LogP contribution < -0.4 is 9.47 Å². The number of allylic oxidation sites excluding steroid dienone is 2. The van der Waals surface area contributed by atoms with Crippen molar-refractivity contribution in [2.24, 2.45) is 17.8 Å². The Balaban J connectivity index is 1.94. The zero-order valence-corrected chi connectivity index (χ0v) is 14.4. The van der Waals surface area contributed by atoms with E-state index in [0.717, 1.165) is 22.6 Å². The molecule has 126 valence electrons. The molecule has 0 radical (unpaired) electrons. The topological polar surface area (TPSA) is 44.8 Å². The van der Waals surface area contributed by atoms with Gasteiger partial charge in [-0.2, -0.15) is 0 Å². The SMILES string of the molecule is COC1=CC2Oc3c(OC)cccc3[C@H]3[C@H](C)[C@@H](C)C=C(C1=O)[C@@H]23. The Morgan fingerprint density at radius 2 is 1.83 bits per heavy atom. The summed E-state index contributed by atoms with van der Waals surface area (Å²) in [6.45, 7) is 4.44. The molecular formula is C20H22O4. The largest absolute Gasteiger partial charge is 0.493 e. The van der Waals surface area contributed by atoms with E-state index in [4.69, 9.17) is 14.2 Å². The number of benzene rings is 1. The summed E-state index contributed by atoms with van der Waals surface area (Å²) in [5.41, 5.74) is 1.98. The van der Waals surface area contributed by atoms with Gasteiger partial charge >= 0.3 is 0 Å². The number of carbonyl (C=O) groups is 1. The minimum atomic E-state index is -0.201. The van der Waals surface area contributed by atoms with Crippen molar-refractivity contribution in [1.82, 2.24) is 0 Å². The Labute approximate surface area is 142 Å². The van der Waals surface area contributed by atoms with Crippen LogP contribution in [0.2, 0.25) is 0 Å². The summed E-state index contributed by atoms with van der Waals surface area (Å²) in [5, 5.41) is 0. The molecule has 4 rings (SSSR count). The van der Waals surface area contributed by atoms with Gasteiger partial charge in [0.1, 0.15) is 6.10 Å². The number of Topliss-reactive ketones (excluding diaryl/α,β-unsaturated/α-hetero) is 1. The molecule has 1 aromatic rings. The summed E-state index contributed by atoms with van der Waals surface area (Å²) in [6.07, 6.45) is 3.74. The minimum absolute atomic E-state index is 0.00236. The molecule has 0 saturated carbocycles. The van der Waals surface area contributed by atoms with Gasteiger partial charge < -0.3 is 14.2 Å². The van der Waals surface area contributed by atoms with E-state index in [1.54, 1.807) is 7.11 Å². The molecule has 0 N–H and O–H groups in total. The predicted molar refractivity (Wildman–Crippen MR) is 90.2 cm³/mol. The van der Waals surface area contributed by atoms with E-state index in [1.807, 2.05) is 18.2 Å². The molecule has 1 unspecified atom stereocenters. The first-order valence-electron chi connectivity index (χ1n) is 8.42. The van der Waals surface area contributed by atoms with Crippen molar-refractivity contribution in [3.63, 3.8) is 0 Å². The number of ketones is 1. The smallest absolute Gasteiger partial charge is 0.223 e. The van der Waals surface area contributed by atoms with E-state index in [-0.39, 0.29) is 23.7 Å². The van der Waals surface area contributed by atoms with Crippen molar-refractivity contribution in [2.75, 3.05) is 14.2 Å². The lowest BCUT2D eigenvalue weighted by Gasteiger charge is -2.48. The average Bonchev–Trinajstić information content (AvgIpc) is 2.60. The maximum absolute atomic E-state index is 12.8. The Bertz CT molecular complexity index is 761. The van der Waals surface area contributed by atoms with Crippen molar-refractivity contribution in [2.45, 2.75) is 25.9 Å². The predicted octanol–water partition coefficient (Wildman–Crippen LogP) is 3.48. The van der Waals surface area contributed by atoms with E-state index in [1.165, 1.54) is 7.11 Å². The molecule has 1 aromatic carbocycles. The van der Waals surface area contributed by atoms with Gasteiger partial charge in [-0.05, 0) is 17.9 Å². The highest BCUT2D eigenvalue weighted by molar-refractivity contribution is 6.08. The number of methoxy groups -OCH3 is 2. The maximum Gasteiger partial charge on any atom is 0.223 e. The zero-order chi connectivity index (χ0) is 17.0. The fourth-order valence-corrected chi connectivity index (χ4v) is 4.44. The van der Waals surface area contributed by atoms with Crippen LogP contribution in [0, 0.1) is 17.8 Å². The van der Waals surface area contributed by atoms with Gasteiger partial charge in [-0.3, -0.25) is 4.79 Å². The standard InChI is InChI=1S/C20H22O4/c1-10-8-13-18-15(9-16(23-4)19(13)21)24-20-12(17(18)11(10)2)6-5-7-14(20)22-3/h5-11,15,17-18H,1-4H3/t10-,11+,15?,17+,18-/m0/s1. The van der Waals surface area contributed by atoms with E-state index in [9.17, 15) is 4.79 Å². The molecule has 1 aliphatic heterocycles. The van der Waals surface area contributed by atoms with Crippen LogP contribution in [0.3, 0.4) is 0 Å². The number of para-hydroxylation sites is 1. The number of carbonyl (C=O) groups excluding carboxylic acids is 1. The van der Waals surface area contributed by atoms with Crippen LogP contribution in [0.25, 0.3) is 0 Å². The minimum Gasteiger partial charge on any atom is -0.493 e. The van der Waals surface area contributed by atoms with E-state index in [0.29, 0.717) is 17.6 Å². The average molecular weight is 326 g/mol. The second-order valence-corrected chi connectivity index (χ2v) is 6.92. The van der Waals surface area contributed by atoms with Crippen LogP contribution in [0.5, 0.6) is 11.5 Å². The normalized spacial score (nSPS) is 33.5. The van der Waals surface area contributed by atoms with Crippen LogP contribution in [-0.4, -0.2) is 26.1 Å². The monoisotopic (exact) mass is 326 g/mol. The summed E-state index contributed by atoms with van der Waals surface area (Å²) in [7, 11) is 3.19. The quantitative estimate of drug-likeness (QED) is 0.835. The Hall–Kier alpha value is -2.23. The van der Waals surface area contributed by atoms with Gasteiger partial charge in [-0.25, -0.2) is 0 Å². The summed E-state index contributed by atoms with van der Waals surface area (Å²) in [5.74, 6) is 2.93. The van der Waals surface area contributed by atoms with Gasteiger partial charge in [0, 0.05) is 29.0 Å². The van der Waals surface area contributed by atoms with Crippen LogP contribution >= 0.6 is 0 Å². The number of rotatable bonds is 2. The molecule has 0 fully saturated rings. The van der Waals surface area contributed by atoms with Crippen LogP contribution in [-0.2, 0) is 9.53 Å². The van der Waals surface area contributed by atoms with Crippen molar-refractivity contribution in [3.8, 4) is 11.5 Å². The van der Waals surface area contributed by atoms with Crippen LogP contribution in [0.1, 0.15) is 25.3 Å². The first kappa shape index (κ1) is 15.3. The van der Waals surface area contributed by atoms with Crippen LogP contribution in [0.15, 0.2) is 41.7 Å². The molecule has 4 heteroatoms. The third-order valence-corrected chi connectivity index (χ3v) is 5.80. The van der Waals surface area contributed by atoms with Gasteiger partial charge in [0.2, 0.25) is 5.78 Å². The van der Waals surface area contributed by atoms with E-state index >= 15 is 0 Å². The Kier molecular flexibility index (Phi) is 3.44. The van der Waals surface area contributed by atoms with Crippen molar-refractivity contribution in [1.29, 1.82) is 0 Å². The lowest BCUT2D eigenvalue weighted by atomic mass is 9.60. The fraction of sp³-hybridized carbons (Fsp3) is 0.450. The molecule has 3 aliphatic rings. The van der Waals surface area contributed by atoms with Gasteiger partial charge in [0.25, 0.3) is 0 Å². The Morgan fingerprint density at radius 3 is 2.54 bits per heavy atom. The fourth-order valence-electron chi connectivity index (χ4n) is 4.44. The molecule has 0 aromatic heterocycles. The second kappa shape index (κ2) is 5.40. The molecule has 0 bridgehead atoms. The lowest BCUT2D eigenvalue weighted by molar-refractivity contribution is -0.117. The molecule has 24 heavy (non-hydrogen) atoms. The highest BCUT2D eigenvalue weighted by Crippen LogP contribution is 2.56. The van der Waals surface area contributed by atoms with E-state index in [2.05, 4.69) is 26.0 Å². The molecule has 2 aliphatic carbocycles. The van der Waals surface area contributed by atoms with Gasteiger partial charge in [0.05, 0.1) is 14.2 Å². The first-order valence-corrected chi connectivity index (χ1v) is 8.42. The number of fused-ring (bicyclic) bond motifs is 2. The molecule has 1 heterocycles. The molecular weight excluding hydrogens is 304 g/mol. The van der Waals surface area contributed by atoms with Crippen molar-refractivity contribution < 1.29 is 19.0 Å². The van der Waals surface area contributed by atoms with Crippen LogP contribution in [0.4, 0.5) is 0 Å². The summed E-state index contributed by atoms with van der Waals surface area (Å²) >= 11 is 0. The summed E-state index contributed by atoms with van der Waals surface area (Å²) in [6, 6.07) is 6.02. The van der Waals surface area contributed by atoms with Gasteiger partial charge in [-0.1, -0.05) is 32.1 Å². The molecule has 5 atom stereocenters. The lowest BCUT2D eigenvalue weighted by Crippen LogP contribution is -2.46. The van der Waals surface area contributed by atoms with Gasteiger partial charge in [-0.15, -0.1) is 0 Å². The molecule has 0 spiro atoms. The van der Waals surface area contributed by atoms with Crippen molar-refractivity contribution >= 4 is 5.78 Å². The third-order valence-electron chi connectivity index (χ3n) is 5.80. The van der Waals surface area contributed by atoms with E-state index < -0.39 is 0 Å². The second-order valence-electron chi connectivity index (χ2n) is 6.92.